The molecule has 8 heteroatoms. The van der Waals surface area contributed by atoms with E-state index in [0.717, 1.165) is 19.3 Å². The second-order valence-corrected chi connectivity index (χ2v) is 7.85. The SMILES string of the molecule is COCCCNC(=O)C1CCN(S(=O)(=O)N2CCCC2)CC1. The monoisotopic (exact) mass is 333 g/mol. The summed E-state index contributed by atoms with van der Waals surface area (Å²) in [7, 11) is -1.68. The number of carbonyl (C=O) groups excluding carboxylic acids is 1. The molecule has 0 saturated carbocycles. The van der Waals surface area contributed by atoms with Gasteiger partial charge in [0.25, 0.3) is 10.2 Å². The minimum Gasteiger partial charge on any atom is -0.385 e. The van der Waals surface area contributed by atoms with Gasteiger partial charge in [-0.3, -0.25) is 4.79 Å². The Bertz CT molecular complexity index is 455. The molecule has 7 nitrogen and oxygen atoms in total. The number of hydrogen-bond acceptors (Lipinski definition) is 4. The maximum Gasteiger partial charge on any atom is 0.281 e. The molecule has 0 spiro atoms. The summed E-state index contributed by atoms with van der Waals surface area (Å²) in [5.41, 5.74) is 0. The highest BCUT2D eigenvalue weighted by molar-refractivity contribution is 7.86. The van der Waals surface area contributed by atoms with Gasteiger partial charge in [-0.05, 0) is 32.1 Å². The number of methoxy groups -OCH3 is 1. The second kappa shape index (κ2) is 8.24. The molecular formula is C14H27N3O4S. The topological polar surface area (TPSA) is 79.0 Å². The Kier molecular flexibility index (Phi) is 6.61. The number of hydrogen-bond donors (Lipinski definition) is 1. The summed E-state index contributed by atoms with van der Waals surface area (Å²) in [6, 6.07) is 0. The van der Waals surface area contributed by atoms with Crippen LogP contribution in [0.25, 0.3) is 0 Å². The van der Waals surface area contributed by atoms with Crippen molar-refractivity contribution in [3.8, 4) is 0 Å². The van der Waals surface area contributed by atoms with Crippen LogP contribution in [0.1, 0.15) is 32.1 Å². The second-order valence-electron chi connectivity index (χ2n) is 5.92. The van der Waals surface area contributed by atoms with Crippen LogP contribution in [0, 0.1) is 5.92 Å². The predicted octanol–water partition coefficient (Wildman–Crippen LogP) is 0.192. The van der Waals surface area contributed by atoms with Crippen LogP contribution in [0.3, 0.4) is 0 Å². The normalized spacial score (nSPS) is 22.0. The van der Waals surface area contributed by atoms with Gasteiger partial charge in [0, 0.05) is 52.4 Å². The molecule has 2 saturated heterocycles. The summed E-state index contributed by atoms with van der Waals surface area (Å²) >= 11 is 0. The van der Waals surface area contributed by atoms with Gasteiger partial charge in [-0.2, -0.15) is 17.0 Å². The van der Waals surface area contributed by atoms with Crippen molar-refractivity contribution in [2.75, 3.05) is 46.4 Å². The van der Waals surface area contributed by atoms with Crippen LogP contribution in [0.4, 0.5) is 0 Å². The first-order valence-corrected chi connectivity index (χ1v) is 9.47. The minimum atomic E-state index is -3.32. The van der Waals surface area contributed by atoms with E-state index in [2.05, 4.69) is 5.32 Å². The van der Waals surface area contributed by atoms with Crippen LogP contribution >= 0.6 is 0 Å². The van der Waals surface area contributed by atoms with Crippen molar-refractivity contribution in [2.45, 2.75) is 32.1 Å². The first kappa shape index (κ1) is 17.7. The zero-order chi connectivity index (χ0) is 16.0. The summed E-state index contributed by atoms with van der Waals surface area (Å²) in [5.74, 6) is -0.0399. The van der Waals surface area contributed by atoms with Gasteiger partial charge in [0.15, 0.2) is 0 Å². The smallest absolute Gasteiger partial charge is 0.281 e. The molecule has 22 heavy (non-hydrogen) atoms. The molecule has 2 aliphatic heterocycles. The van der Waals surface area contributed by atoms with Crippen LogP contribution in [0.2, 0.25) is 0 Å². The largest absolute Gasteiger partial charge is 0.385 e. The standard InChI is InChI=1S/C14H27N3O4S/c1-21-12-4-7-15-14(18)13-5-10-17(11-6-13)22(19,20)16-8-2-3-9-16/h13H,2-12H2,1H3,(H,15,18). The molecule has 0 aromatic heterocycles. The van der Waals surface area contributed by atoms with Crippen LogP contribution in [-0.4, -0.2) is 69.4 Å². The molecule has 2 heterocycles. The van der Waals surface area contributed by atoms with Crippen LogP contribution in [-0.2, 0) is 19.7 Å². The summed E-state index contributed by atoms with van der Waals surface area (Å²) in [6.07, 6.45) is 3.88. The van der Waals surface area contributed by atoms with Crippen molar-refractivity contribution in [1.82, 2.24) is 13.9 Å². The molecule has 0 bridgehead atoms. The lowest BCUT2D eigenvalue weighted by Crippen LogP contribution is -2.48. The molecule has 128 valence electrons. The maximum absolute atomic E-state index is 12.4. The maximum atomic E-state index is 12.4. The summed E-state index contributed by atoms with van der Waals surface area (Å²) in [5, 5.41) is 2.90. The Labute approximate surface area is 133 Å². The van der Waals surface area contributed by atoms with Crippen LogP contribution < -0.4 is 5.32 Å². The number of amides is 1. The third-order valence-corrected chi connectivity index (χ3v) is 6.40. The van der Waals surface area contributed by atoms with E-state index in [1.807, 2.05) is 0 Å². The van der Waals surface area contributed by atoms with Crippen LogP contribution in [0.15, 0.2) is 0 Å². The van der Waals surface area contributed by atoms with Gasteiger partial charge in [-0.15, -0.1) is 0 Å². The fourth-order valence-electron chi connectivity index (χ4n) is 3.00. The van der Waals surface area contributed by atoms with E-state index in [-0.39, 0.29) is 11.8 Å². The predicted molar refractivity (Wildman–Crippen MR) is 83.5 cm³/mol. The lowest BCUT2D eigenvalue weighted by atomic mass is 9.97. The number of ether oxygens (including phenoxy) is 1. The Hall–Kier alpha value is -0.700. The molecular weight excluding hydrogens is 306 g/mol. The zero-order valence-electron chi connectivity index (χ0n) is 13.3. The summed E-state index contributed by atoms with van der Waals surface area (Å²) < 4.78 is 32.9. The number of piperidine rings is 1. The van der Waals surface area contributed by atoms with E-state index < -0.39 is 10.2 Å². The van der Waals surface area contributed by atoms with Crippen molar-refractivity contribution in [3.63, 3.8) is 0 Å². The van der Waals surface area contributed by atoms with E-state index in [1.165, 1.54) is 4.31 Å². The van der Waals surface area contributed by atoms with Gasteiger partial charge in [0.2, 0.25) is 5.91 Å². The summed E-state index contributed by atoms with van der Waals surface area (Å²) in [4.78, 5) is 12.0. The molecule has 0 unspecified atom stereocenters. The molecule has 0 aliphatic carbocycles. The highest BCUT2D eigenvalue weighted by Crippen LogP contribution is 2.23. The lowest BCUT2D eigenvalue weighted by Gasteiger charge is -2.33. The molecule has 2 rings (SSSR count). The molecule has 0 atom stereocenters. The van der Waals surface area contributed by atoms with E-state index in [4.69, 9.17) is 4.74 Å². The zero-order valence-corrected chi connectivity index (χ0v) is 14.1. The lowest BCUT2D eigenvalue weighted by molar-refractivity contribution is -0.126. The van der Waals surface area contributed by atoms with Gasteiger partial charge >= 0.3 is 0 Å². The van der Waals surface area contributed by atoms with E-state index in [9.17, 15) is 13.2 Å². The van der Waals surface area contributed by atoms with Gasteiger partial charge in [-0.1, -0.05) is 0 Å². The van der Waals surface area contributed by atoms with Crippen molar-refractivity contribution in [1.29, 1.82) is 0 Å². The van der Waals surface area contributed by atoms with Crippen molar-refractivity contribution >= 4 is 16.1 Å². The molecule has 1 N–H and O–H groups in total. The third kappa shape index (κ3) is 4.41. The quantitative estimate of drug-likeness (QED) is 0.675. The highest BCUT2D eigenvalue weighted by atomic mass is 32.2. The fourth-order valence-corrected chi connectivity index (χ4v) is 4.72. The fraction of sp³-hybridized carbons (Fsp3) is 0.929. The van der Waals surface area contributed by atoms with Gasteiger partial charge < -0.3 is 10.1 Å². The third-order valence-electron chi connectivity index (χ3n) is 4.37. The average Bonchev–Trinajstić information content (AvgIpc) is 3.07. The van der Waals surface area contributed by atoms with E-state index in [0.29, 0.717) is 52.2 Å². The first-order valence-electron chi connectivity index (χ1n) is 8.07. The van der Waals surface area contributed by atoms with E-state index >= 15 is 0 Å². The Morgan fingerprint density at radius 3 is 2.32 bits per heavy atom. The van der Waals surface area contributed by atoms with Crippen molar-refractivity contribution in [2.24, 2.45) is 5.92 Å². The number of nitrogens with zero attached hydrogens (tertiary/aromatic N) is 2. The minimum absolute atomic E-state index is 0.0364. The highest BCUT2D eigenvalue weighted by Gasteiger charge is 2.35. The molecule has 0 aromatic rings. The van der Waals surface area contributed by atoms with Gasteiger partial charge in [0.1, 0.15) is 0 Å². The molecule has 0 aromatic carbocycles. The van der Waals surface area contributed by atoms with Gasteiger partial charge in [0.05, 0.1) is 0 Å². The Morgan fingerprint density at radius 2 is 1.73 bits per heavy atom. The molecule has 2 aliphatic rings. The molecule has 1 amide bonds. The van der Waals surface area contributed by atoms with Crippen molar-refractivity contribution in [3.05, 3.63) is 0 Å². The Morgan fingerprint density at radius 1 is 1.14 bits per heavy atom. The number of nitrogens with one attached hydrogen (secondary N) is 1. The summed E-state index contributed by atoms with van der Waals surface area (Å²) in [6.45, 7) is 3.38. The average molecular weight is 333 g/mol. The van der Waals surface area contributed by atoms with Gasteiger partial charge in [-0.25, -0.2) is 0 Å². The number of rotatable bonds is 7. The Balaban J connectivity index is 1.76. The van der Waals surface area contributed by atoms with Crippen LogP contribution in [0.5, 0.6) is 0 Å². The number of carbonyl (C=O) groups is 1. The molecule has 0 radical (unpaired) electrons. The first-order chi connectivity index (χ1) is 10.6. The molecule has 2 fully saturated rings. The van der Waals surface area contributed by atoms with E-state index in [1.54, 1.807) is 11.4 Å². The van der Waals surface area contributed by atoms with Crippen molar-refractivity contribution < 1.29 is 17.9 Å².